The molecule has 0 atom stereocenters. The van der Waals surface area contributed by atoms with Crippen LogP contribution in [0.3, 0.4) is 0 Å². The molecule has 0 saturated carbocycles. The van der Waals surface area contributed by atoms with Gasteiger partial charge in [-0.05, 0) is 18.2 Å². The molecule has 1 amide bonds. The van der Waals surface area contributed by atoms with Crippen molar-refractivity contribution in [3.63, 3.8) is 0 Å². The molecule has 0 aliphatic heterocycles. The number of hydrogen-bond acceptors (Lipinski definition) is 3. The van der Waals surface area contributed by atoms with Gasteiger partial charge in [0, 0.05) is 11.8 Å². The first kappa shape index (κ1) is 12.2. The van der Waals surface area contributed by atoms with Crippen LogP contribution in [-0.2, 0) is 6.18 Å². The Bertz CT molecular complexity index is 550. The molecule has 7 heteroatoms. The van der Waals surface area contributed by atoms with Crippen LogP contribution in [0, 0.1) is 0 Å². The molecule has 94 valence electrons. The van der Waals surface area contributed by atoms with Gasteiger partial charge < -0.3 is 9.84 Å². The summed E-state index contributed by atoms with van der Waals surface area (Å²) in [6.07, 6.45) is -3.25. The molecule has 0 bridgehead atoms. The summed E-state index contributed by atoms with van der Waals surface area (Å²) in [5.74, 6) is -0.636. The van der Waals surface area contributed by atoms with E-state index in [9.17, 15) is 18.0 Å². The van der Waals surface area contributed by atoms with Gasteiger partial charge in [0.15, 0.2) is 5.69 Å². The number of hydrogen-bond donors (Lipinski definition) is 1. The van der Waals surface area contributed by atoms with Gasteiger partial charge in [0.05, 0.1) is 5.56 Å². The molecule has 0 aliphatic rings. The van der Waals surface area contributed by atoms with E-state index in [1.54, 1.807) is 0 Å². The number of aromatic nitrogens is 1. The van der Waals surface area contributed by atoms with Gasteiger partial charge in [-0.3, -0.25) is 4.79 Å². The zero-order valence-corrected chi connectivity index (χ0v) is 8.86. The highest BCUT2D eigenvalue weighted by molar-refractivity contribution is 6.02. The predicted octanol–water partition coefficient (Wildman–Crippen LogP) is 2.95. The summed E-state index contributed by atoms with van der Waals surface area (Å²) >= 11 is 0. The van der Waals surface area contributed by atoms with Crippen LogP contribution in [-0.4, -0.2) is 11.1 Å². The quantitative estimate of drug-likeness (QED) is 0.898. The minimum absolute atomic E-state index is 0.00703. The summed E-state index contributed by atoms with van der Waals surface area (Å²) in [4.78, 5) is 11.5. The first-order chi connectivity index (χ1) is 8.47. The molecular formula is C11H7F3N2O2. The second kappa shape index (κ2) is 4.52. The van der Waals surface area contributed by atoms with Crippen molar-refractivity contribution in [2.24, 2.45) is 0 Å². The Morgan fingerprint density at radius 3 is 2.67 bits per heavy atom. The minimum atomic E-state index is -4.45. The number of rotatable bonds is 2. The number of nitrogens with zero attached hydrogens (tertiary/aromatic N) is 1. The predicted molar refractivity (Wildman–Crippen MR) is 55.9 cm³/mol. The summed E-state index contributed by atoms with van der Waals surface area (Å²) in [5.41, 5.74) is -0.800. The summed E-state index contributed by atoms with van der Waals surface area (Å²) in [6.45, 7) is 0. The second-order valence-corrected chi connectivity index (χ2v) is 3.42. The van der Waals surface area contributed by atoms with E-state index in [-0.39, 0.29) is 11.4 Å². The lowest BCUT2D eigenvalue weighted by Crippen LogP contribution is -2.13. The van der Waals surface area contributed by atoms with Gasteiger partial charge >= 0.3 is 6.18 Å². The zero-order chi connectivity index (χ0) is 13.2. The maximum atomic E-state index is 12.4. The molecule has 1 aromatic carbocycles. The van der Waals surface area contributed by atoms with E-state index in [2.05, 4.69) is 15.0 Å². The number of amides is 1. The third kappa shape index (κ3) is 2.68. The van der Waals surface area contributed by atoms with Gasteiger partial charge in [-0.15, -0.1) is 0 Å². The van der Waals surface area contributed by atoms with Crippen molar-refractivity contribution in [1.82, 2.24) is 5.16 Å². The molecule has 0 saturated heterocycles. The zero-order valence-electron chi connectivity index (χ0n) is 8.86. The fourth-order valence-electron chi connectivity index (χ4n) is 1.30. The van der Waals surface area contributed by atoms with Gasteiger partial charge in [-0.1, -0.05) is 11.2 Å². The highest BCUT2D eigenvalue weighted by Gasteiger charge is 2.30. The molecule has 4 nitrogen and oxygen atoms in total. The number of carbonyl (C=O) groups is 1. The lowest BCUT2D eigenvalue weighted by molar-refractivity contribution is -0.137. The van der Waals surface area contributed by atoms with E-state index >= 15 is 0 Å². The lowest BCUT2D eigenvalue weighted by atomic mass is 10.2. The van der Waals surface area contributed by atoms with Crippen LogP contribution in [0.15, 0.2) is 41.1 Å². The van der Waals surface area contributed by atoms with E-state index in [4.69, 9.17) is 0 Å². The normalized spacial score (nSPS) is 11.3. The van der Waals surface area contributed by atoms with Crippen LogP contribution >= 0.6 is 0 Å². The van der Waals surface area contributed by atoms with Crippen molar-refractivity contribution in [3.05, 3.63) is 47.9 Å². The monoisotopic (exact) mass is 256 g/mol. The average Bonchev–Trinajstić information content (AvgIpc) is 2.81. The summed E-state index contributed by atoms with van der Waals surface area (Å²) in [6, 6.07) is 5.64. The number of carbonyl (C=O) groups excluding carboxylic acids is 1. The molecule has 0 aliphatic carbocycles. The van der Waals surface area contributed by atoms with Crippen LogP contribution in [0.5, 0.6) is 0 Å². The van der Waals surface area contributed by atoms with Gasteiger partial charge in [-0.25, -0.2) is 0 Å². The number of halogens is 3. The van der Waals surface area contributed by atoms with Gasteiger partial charge in [0.1, 0.15) is 6.26 Å². The Hall–Kier alpha value is -2.31. The van der Waals surface area contributed by atoms with Crippen molar-refractivity contribution in [3.8, 4) is 0 Å². The fraction of sp³-hybridized carbons (Fsp3) is 0.0909. The first-order valence-electron chi connectivity index (χ1n) is 4.86. The highest BCUT2D eigenvalue weighted by Crippen LogP contribution is 2.30. The van der Waals surface area contributed by atoms with Crippen LogP contribution in [0.2, 0.25) is 0 Å². The van der Waals surface area contributed by atoms with Crippen molar-refractivity contribution < 1.29 is 22.5 Å². The fourth-order valence-corrected chi connectivity index (χ4v) is 1.30. The molecule has 0 spiro atoms. The maximum absolute atomic E-state index is 12.4. The number of alkyl halides is 3. The molecule has 2 aromatic rings. The topological polar surface area (TPSA) is 55.1 Å². The second-order valence-electron chi connectivity index (χ2n) is 3.42. The van der Waals surface area contributed by atoms with E-state index in [0.29, 0.717) is 0 Å². The summed E-state index contributed by atoms with van der Waals surface area (Å²) in [5, 5.41) is 5.67. The number of benzene rings is 1. The van der Waals surface area contributed by atoms with Crippen molar-refractivity contribution in [1.29, 1.82) is 0 Å². The molecule has 18 heavy (non-hydrogen) atoms. The van der Waals surface area contributed by atoms with Gasteiger partial charge in [0.2, 0.25) is 0 Å². The van der Waals surface area contributed by atoms with Crippen molar-refractivity contribution in [2.75, 3.05) is 5.32 Å². The molecule has 1 aromatic heterocycles. The standard InChI is InChI=1S/C11H7F3N2O2/c12-11(13,14)7-2-1-3-8(6-7)15-10(17)9-4-5-18-16-9/h1-6H,(H,15,17). The first-order valence-corrected chi connectivity index (χ1v) is 4.86. The van der Waals surface area contributed by atoms with Crippen LogP contribution < -0.4 is 5.32 Å². The Morgan fingerprint density at radius 2 is 2.06 bits per heavy atom. The van der Waals surface area contributed by atoms with Crippen LogP contribution in [0.1, 0.15) is 16.1 Å². The molecule has 0 fully saturated rings. The summed E-state index contributed by atoms with van der Waals surface area (Å²) in [7, 11) is 0. The summed E-state index contributed by atoms with van der Waals surface area (Å²) < 4.78 is 41.8. The Kier molecular flexibility index (Phi) is 3.05. The largest absolute Gasteiger partial charge is 0.416 e. The molecule has 0 radical (unpaired) electrons. The molecule has 0 unspecified atom stereocenters. The molecule has 2 rings (SSSR count). The van der Waals surface area contributed by atoms with Crippen LogP contribution in [0.4, 0.5) is 18.9 Å². The molecule has 1 N–H and O–H groups in total. The SMILES string of the molecule is O=C(Nc1cccc(C(F)(F)F)c1)c1ccon1. The third-order valence-corrected chi connectivity index (χ3v) is 2.12. The van der Waals surface area contributed by atoms with E-state index in [0.717, 1.165) is 12.1 Å². The van der Waals surface area contributed by atoms with E-state index < -0.39 is 17.6 Å². The van der Waals surface area contributed by atoms with Crippen LogP contribution in [0.25, 0.3) is 0 Å². The smallest absolute Gasteiger partial charge is 0.364 e. The molecule has 1 heterocycles. The van der Waals surface area contributed by atoms with Crippen molar-refractivity contribution in [2.45, 2.75) is 6.18 Å². The number of anilines is 1. The third-order valence-electron chi connectivity index (χ3n) is 2.12. The van der Waals surface area contributed by atoms with Crippen molar-refractivity contribution >= 4 is 11.6 Å². The highest BCUT2D eigenvalue weighted by atomic mass is 19.4. The van der Waals surface area contributed by atoms with E-state index in [1.165, 1.54) is 24.5 Å². The Labute approximate surface area is 99.4 Å². The van der Waals surface area contributed by atoms with E-state index in [1.807, 2.05) is 0 Å². The Balaban J connectivity index is 2.18. The number of nitrogens with one attached hydrogen (secondary N) is 1. The van der Waals surface area contributed by atoms with Gasteiger partial charge in [-0.2, -0.15) is 13.2 Å². The van der Waals surface area contributed by atoms with Gasteiger partial charge in [0.25, 0.3) is 5.91 Å². The molecular weight excluding hydrogens is 249 g/mol. The maximum Gasteiger partial charge on any atom is 0.416 e. The Morgan fingerprint density at radius 1 is 1.28 bits per heavy atom. The lowest BCUT2D eigenvalue weighted by Gasteiger charge is -2.08. The average molecular weight is 256 g/mol. The minimum Gasteiger partial charge on any atom is -0.364 e.